The summed E-state index contributed by atoms with van der Waals surface area (Å²) in [6, 6.07) is 25.6. The summed E-state index contributed by atoms with van der Waals surface area (Å²) in [7, 11) is 2.02. The van der Waals surface area contributed by atoms with Crippen LogP contribution in [0.3, 0.4) is 0 Å². The molecule has 1 N–H and O–H groups in total. The number of nitrogens with one attached hydrogen (secondary N) is 1. The lowest BCUT2D eigenvalue weighted by Crippen LogP contribution is -2.48. The van der Waals surface area contributed by atoms with Gasteiger partial charge in [-0.05, 0) is 69.3 Å². The third kappa shape index (κ3) is 5.18. The zero-order valence-corrected chi connectivity index (χ0v) is 23.1. The predicted molar refractivity (Wildman–Crippen MR) is 154 cm³/mol. The van der Waals surface area contributed by atoms with Crippen LogP contribution in [0, 0.1) is 31.1 Å². The fraction of sp³-hybridized carbons (Fsp3) is 0.394. The molecule has 2 heterocycles. The summed E-state index contributed by atoms with van der Waals surface area (Å²) in [5, 5.41) is 9.57. The Morgan fingerprint density at radius 2 is 1.49 bits per heavy atom. The number of hydrogen-bond acceptors (Lipinski definition) is 4. The van der Waals surface area contributed by atoms with Crippen LogP contribution in [0.5, 0.6) is 0 Å². The van der Waals surface area contributed by atoms with Crippen LogP contribution in [0.1, 0.15) is 47.2 Å². The number of carbonyl (C=O) groups is 1. The fourth-order valence-electron chi connectivity index (χ4n) is 6.04. The molecular weight excluding hydrogens is 484 g/mol. The second kappa shape index (κ2) is 10.5. The summed E-state index contributed by atoms with van der Waals surface area (Å²) < 4.78 is 10.3. The van der Waals surface area contributed by atoms with E-state index in [0.717, 1.165) is 24.1 Å². The van der Waals surface area contributed by atoms with E-state index < -0.39 is 0 Å². The number of esters is 1. The lowest BCUT2D eigenvalue weighted by atomic mass is 10.0. The van der Waals surface area contributed by atoms with Crippen LogP contribution < -0.4 is 5.62 Å². The molecule has 2 fully saturated rings. The van der Waals surface area contributed by atoms with Crippen molar-refractivity contribution >= 4 is 17.0 Å². The van der Waals surface area contributed by atoms with E-state index in [1.165, 1.54) is 35.1 Å². The highest BCUT2D eigenvalue weighted by Gasteiger charge is 2.36. The maximum atomic E-state index is 12.9. The molecule has 0 bridgehead atoms. The van der Waals surface area contributed by atoms with E-state index in [-0.39, 0.29) is 30.6 Å². The molecule has 3 aromatic carbocycles. The zero-order valence-electron chi connectivity index (χ0n) is 23.1. The second-order valence-corrected chi connectivity index (χ2v) is 11.6. The van der Waals surface area contributed by atoms with Gasteiger partial charge in [0.15, 0.2) is 0 Å². The summed E-state index contributed by atoms with van der Waals surface area (Å²) in [5.74, 6) is 0.330. The third-order valence-electron chi connectivity index (χ3n) is 8.40. The number of ether oxygens (including phenoxy) is 1. The number of aryl methyl sites for hydroxylation is 2. The third-order valence-corrected chi connectivity index (χ3v) is 8.40. The lowest BCUT2D eigenvalue weighted by molar-refractivity contribution is -0.155. The first-order valence-electron chi connectivity index (χ1n) is 14.1. The summed E-state index contributed by atoms with van der Waals surface area (Å²) in [6.45, 7) is 5.94. The number of hydrogen-bond donors (Lipinski definition) is 1. The number of carbonyl (C=O) groups excluding carboxylic acids is 1. The summed E-state index contributed by atoms with van der Waals surface area (Å²) in [4.78, 5) is 15.0. The SMILES string of the molecule is Cc1ccc(CC(COC(=O)C2CN(C)C2)n2c(=N)n(C(c3ccc(C)cc3)C3CC3)c3ccccc32)cc1. The number of nitrogens with zero attached hydrogens (tertiary/aromatic N) is 3. The molecule has 6 nitrogen and oxygen atoms in total. The minimum absolute atomic E-state index is 0.0578. The molecule has 2 aliphatic rings. The highest BCUT2D eigenvalue weighted by molar-refractivity contribution is 5.77. The number of rotatable bonds is 9. The van der Waals surface area contributed by atoms with E-state index >= 15 is 0 Å². The highest BCUT2D eigenvalue weighted by Crippen LogP contribution is 2.44. The van der Waals surface area contributed by atoms with Crippen LogP contribution in [-0.4, -0.2) is 46.7 Å². The Morgan fingerprint density at radius 3 is 2.08 bits per heavy atom. The van der Waals surface area contributed by atoms with Crippen LogP contribution in [0.25, 0.3) is 11.0 Å². The van der Waals surface area contributed by atoms with Crippen molar-refractivity contribution in [3.63, 3.8) is 0 Å². The Kier molecular flexibility index (Phi) is 6.90. The molecule has 0 spiro atoms. The van der Waals surface area contributed by atoms with Crippen molar-refractivity contribution in [1.29, 1.82) is 5.41 Å². The van der Waals surface area contributed by atoms with Gasteiger partial charge in [0.25, 0.3) is 0 Å². The first kappa shape index (κ1) is 25.6. The standard InChI is InChI=1S/C33H38N4O2/c1-22-8-12-24(13-9-22)18-28(21-39-32(38)27-19-35(3)20-27)36-29-6-4-5-7-30(29)37(33(36)34)31(26-16-17-26)25-14-10-23(2)11-15-25/h4-15,26-28,31,34H,16-21H2,1-3H3. The van der Waals surface area contributed by atoms with Crippen molar-refractivity contribution in [2.24, 2.45) is 11.8 Å². The van der Waals surface area contributed by atoms with Crippen molar-refractivity contribution < 1.29 is 9.53 Å². The Hall–Kier alpha value is -3.64. The smallest absolute Gasteiger partial charge is 0.311 e. The van der Waals surface area contributed by atoms with Gasteiger partial charge < -0.3 is 18.8 Å². The molecule has 4 aromatic rings. The van der Waals surface area contributed by atoms with Gasteiger partial charge in [-0.2, -0.15) is 0 Å². The average Bonchev–Trinajstić information content (AvgIpc) is 3.71. The molecular formula is C33H38N4O2. The van der Waals surface area contributed by atoms with Crippen molar-refractivity contribution in [2.75, 3.05) is 26.7 Å². The molecule has 2 unspecified atom stereocenters. The van der Waals surface area contributed by atoms with Crippen molar-refractivity contribution in [2.45, 2.75) is 45.2 Å². The van der Waals surface area contributed by atoms with Crippen LogP contribution >= 0.6 is 0 Å². The number of para-hydroxylation sites is 2. The van der Waals surface area contributed by atoms with Crippen LogP contribution in [0.2, 0.25) is 0 Å². The maximum Gasteiger partial charge on any atom is 0.311 e. The lowest BCUT2D eigenvalue weighted by Gasteiger charge is -2.34. The Bertz CT molecular complexity index is 1520. The summed E-state index contributed by atoms with van der Waals surface area (Å²) >= 11 is 0. The van der Waals surface area contributed by atoms with E-state index in [2.05, 4.69) is 94.6 Å². The molecule has 6 heteroatoms. The van der Waals surface area contributed by atoms with Crippen molar-refractivity contribution in [1.82, 2.24) is 14.0 Å². The molecule has 1 saturated heterocycles. The van der Waals surface area contributed by atoms with Gasteiger partial charge in [0.2, 0.25) is 5.62 Å². The first-order chi connectivity index (χ1) is 18.9. The van der Waals surface area contributed by atoms with Gasteiger partial charge >= 0.3 is 5.97 Å². The first-order valence-corrected chi connectivity index (χ1v) is 14.1. The van der Waals surface area contributed by atoms with Gasteiger partial charge in [-0.1, -0.05) is 71.8 Å². The zero-order chi connectivity index (χ0) is 27.1. The van der Waals surface area contributed by atoms with E-state index in [4.69, 9.17) is 4.74 Å². The van der Waals surface area contributed by atoms with E-state index in [9.17, 15) is 10.2 Å². The Labute approximate surface area is 230 Å². The van der Waals surface area contributed by atoms with Crippen molar-refractivity contribution in [3.05, 3.63) is 101 Å². The molecule has 202 valence electrons. The highest BCUT2D eigenvalue weighted by atomic mass is 16.5. The normalized spacial score (nSPS) is 17.6. The Morgan fingerprint density at radius 1 is 0.897 bits per heavy atom. The van der Waals surface area contributed by atoms with Gasteiger partial charge in [0.1, 0.15) is 6.61 Å². The monoisotopic (exact) mass is 522 g/mol. The minimum Gasteiger partial charge on any atom is -0.463 e. The average molecular weight is 523 g/mol. The van der Waals surface area contributed by atoms with E-state index in [0.29, 0.717) is 18.0 Å². The Balaban J connectivity index is 1.42. The fourth-order valence-corrected chi connectivity index (χ4v) is 6.04. The number of fused-ring (bicyclic) bond motifs is 1. The molecule has 2 atom stereocenters. The number of benzene rings is 3. The summed E-state index contributed by atoms with van der Waals surface area (Å²) in [6.07, 6.45) is 3.02. The molecule has 39 heavy (non-hydrogen) atoms. The molecule has 0 radical (unpaired) electrons. The van der Waals surface area contributed by atoms with Gasteiger partial charge in [0, 0.05) is 13.1 Å². The van der Waals surface area contributed by atoms with Crippen LogP contribution in [0.4, 0.5) is 0 Å². The van der Waals surface area contributed by atoms with Crippen LogP contribution in [0.15, 0.2) is 72.8 Å². The molecule has 1 aromatic heterocycles. The van der Waals surface area contributed by atoms with Gasteiger partial charge in [-0.15, -0.1) is 0 Å². The van der Waals surface area contributed by atoms with E-state index in [1.807, 2.05) is 13.1 Å². The van der Waals surface area contributed by atoms with Crippen LogP contribution in [-0.2, 0) is 16.0 Å². The predicted octanol–water partition coefficient (Wildman–Crippen LogP) is 5.43. The topological polar surface area (TPSA) is 63.2 Å². The van der Waals surface area contributed by atoms with Crippen molar-refractivity contribution in [3.8, 4) is 0 Å². The van der Waals surface area contributed by atoms with Gasteiger partial charge in [-0.25, -0.2) is 0 Å². The molecule has 1 aliphatic heterocycles. The summed E-state index contributed by atoms with van der Waals surface area (Å²) in [5.41, 5.74) is 7.41. The second-order valence-electron chi connectivity index (χ2n) is 11.6. The molecule has 6 rings (SSSR count). The van der Waals surface area contributed by atoms with Gasteiger partial charge in [0.05, 0.1) is 29.0 Å². The van der Waals surface area contributed by atoms with E-state index in [1.54, 1.807) is 0 Å². The number of imidazole rings is 1. The number of aromatic nitrogens is 2. The quantitative estimate of drug-likeness (QED) is 0.298. The maximum absolute atomic E-state index is 12.9. The minimum atomic E-state index is -0.189. The molecule has 1 aliphatic carbocycles. The molecule has 0 amide bonds. The molecule has 1 saturated carbocycles. The van der Waals surface area contributed by atoms with Gasteiger partial charge in [-0.3, -0.25) is 10.2 Å². The number of likely N-dealkylation sites (tertiary alicyclic amines) is 1. The largest absolute Gasteiger partial charge is 0.463 e.